The zero-order chi connectivity index (χ0) is 13.0. The summed E-state index contributed by atoms with van der Waals surface area (Å²) in [6.45, 7) is 0.478. The summed E-state index contributed by atoms with van der Waals surface area (Å²) in [4.78, 5) is 22.9. The third kappa shape index (κ3) is 3.07. The Hall–Kier alpha value is -1.88. The molecule has 5 nitrogen and oxygen atoms in total. The standard InChI is InChI=1S/C13H17N3O2/c14-12(9-4-2-1-3-5-9)13(18)16-10-6-7-11(17)15-8-10/h1-5,10,12H,6-8,14H2,(H,15,17)(H,16,18)/t10?,12-/m0/s1. The van der Waals surface area contributed by atoms with Crippen LogP contribution in [0.4, 0.5) is 0 Å². The molecule has 18 heavy (non-hydrogen) atoms. The third-order valence-corrected chi connectivity index (χ3v) is 3.05. The van der Waals surface area contributed by atoms with Gasteiger partial charge < -0.3 is 16.4 Å². The van der Waals surface area contributed by atoms with Crippen LogP contribution in [-0.2, 0) is 9.59 Å². The normalized spacial score (nSPS) is 20.9. The topological polar surface area (TPSA) is 84.2 Å². The van der Waals surface area contributed by atoms with Crippen LogP contribution in [-0.4, -0.2) is 24.4 Å². The molecule has 1 aromatic rings. The summed E-state index contributed by atoms with van der Waals surface area (Å²) >= 11 is 0. The van der Waals surface area contributed by atoms with Crippen LogP contribution < -0.4 is 16.4 Å². The third-order valence-electron chi connectivity index (χ3n) is 3.05. The van der Waals surface area contributed by atoms with Crippen molar-refractivity contribution in [2.24, 2.45) is 5.73 Å². The first-order chi connectivity index (χ1) is 8.66. The van der Waals surface area contributed by atoms with Gasteiger partial charge in [0.05, 0.1) is 0 Å². The summed E-state index contributed by atoms with van der Waals surface area (Å²) < 4.78 is 0. The molecule has 2 atom stereocenters. The van der Waals surface area contributed by atoms with Gasteiger partial charge in [0.1, 0.15) is 6.04 Å². The minimum atomic E-state index is -0.663. The molecule has 5 heteroatoms. The fraction of sp³-hybridized carbons (Fsp3) is 0.385. The van der Waals surface area contributed by atoms with Crippen molar-refractivity contribution in [1.29, 1.82) is 0 Å². The van der Waals surface area contributed by atoms with Crippen LogP contribution in [0.25, 0.3) is 0 Å². The summed E-state index contributed by atoms with van der Waals surface area (Å²) in [5.41, 5.74) is 6.67. The number of carbonyl (C=O) groups excluding carboxylic acids is 2. The number of hydrogen-bond acceptors (Lipinski definition) is 3. The number of nitrogens with one attached hydrogen (secondary N) is 2. The first-order valence-electron chi connectivity index (χ1n) is 6.04. The number of nitrogens with two attached hydrogens (primary N) is 1. The minimum Gasteiger partial charge on any atom is -0.354 e. The minimum absolute atomic E-state index is 0.0232. The molecule has 1 fully saturated rings. The molecule has 0 aliphatic carbocycles. The lowest BCUT2D eigenvalue weighted by atomic mass is 10.0. The van der Waals surface area contributed by atoms with E-state index < -0.39 is 6.04 Å². The van der Waals surface area contributed by atoms with Crippen molar-refractivity contribution in [2.75, 3.05) is 6.54 Å². The Bertz CT molecular complexity index is 423. The molecule has 0 bridgehead atoms. The average molecular weight is 247 g/mol. The largest absolute Gasteiger partial charge is 0.354 e. The van der Waals surface area contributed by atoms with E-state index >= 15 is 0 Å². The first kappa shape index (κ1) is 12.6. The lowest BCUT2D eigenvalue weighted by Crippen LogP contribution is -2.49. The smallest absolute Gasteiger partial charge is 0.241 e. The quantitative estimate of drug-likeness (QED) is 0.707. The summed E-state index contributed by atoms with van der Waals surface area (Å²) in [5.74, 6) is -0.171. The van der Waals surface area contributed by atoms with E-state index in [-0.39, 0.29) is 17.9 Å². The second-order valence-corrected chi connectivity index (χ2v) is 4.44. The van der Waals surface area contributed by atoms with Gasteiger partial charge in [-0.1, -0.05) is 30.3 Å². The number of carbonyl (C=O) groups is 2. The van der Waals surface area contributed by atoms with Gasteiger partial charge in [-0.05, 0) is 12.0 Å². The maximum absolute atomic E-state index is 11.9. The first-order valence-corrected chi connectivity index (χ1v) is 6.04. The average Bonchev–Trinajstić information content (AvgIpc) is 2.41. The molecule has 4 N–H and O–H groups in total. The Morgan fingerprint density at radius 2 is 2.11 bits per heavy atom. The van der Waals surface area contributed by atoms with Gasteiger partial charge in [0.25, 0.3) is 0 Å². The number of piperidine rings is 1. The van der Waals surface area contributed by atoms with Crippen molar-refractivity contribution < 1.29 is 9.59 Å². The van der Waals surface area contributed by atoms with E-state index in [0.29, 0.717) is 19.4 Å². The zero-order valence-electron chi connectivity index (χ0n) is 10.1. The van der Waals surface area contributed by atoms with Crippen LogP contribution in [0.15, 0.2) is 30.3 Å². The van der Waals surface area contributed by atoms with Gasteiger partial charge in [0, 0.05) is 19.0 Å². The van der Waals surface area contributed by atoms with Crippen LogP contribution in [0, 0.1) is 0 Å². The van der Waals surface area contributed by atoms with E-state index in [2.05, 4.69) is 10.6 Å². The Morgan fingerprint density at radius 3 is 2.72 bits per heavy atom. The van der Waals surface area contributed by atoms with Gasteiger partial charge in [0.2, 0.25) is 11.8 Å². The van der Waals surface area contributed by atoms with Gasteiger partial charge >= 0.3 is 0 Å². The van der Waals surface area contributed by atoms with Crippen LogP contribution in [0.2, 0.25) is 0 Å². The SMILES string of the molecule is N[C@H](C(=O)NC1CCC(=O)NC1)c1ccccc1. The Morgan fingerprint density at radius 1 is 1.39 bits per heavy atom. The molecule has 96 valence electrons. The molecular formula is C13H17N3O2. The van der Waals surface area contributed by atoms with E-state index in [9.17, 15) is 9.59 Å². The highest BCUT2D eigenvalue weighted by molar-refractivity contribution is 5.83. The van der Waals surface area contributed by atoms with Crippen molar-refractivity contribution in [3.63, 3.8) is 0 Å². The highest BCUT2D eigenvalue weighted by Crippen LogP contribution is 2.11. The molecule has 1 heterocycles. The molecular weight excluding hydrogens is 230 g/mol. The molecule has 2 amide bonds. The van der Waals surface area contributed by atoms with E-state index in [4.69, 9.17) is 5.73 Å². The maximum Gasteiger partial charge on any atom is 0.241 e. The van der Waals surface area contributed by atoms with Gasteiger partial charge in [-0.2, -0.15) is 0 Å². The maximum atomic E-state index is 11.9. The molecule has 1 aromatic carbocycles. The van der Waals surface area contributed by atoms with Crippen molar-refractivity contribution in [3.8, 4) is 0 Å². The molecule has 1 aliphatic heterocycles. The lowest BCUT2D eigenvalue weighted by Gasteiger charge is -2.25. The van der Waals surface area contributed by atoms with Crippen LogP contribution in [0.5, 0.6) is 0 Å². The van der Waals surface area contributed by atoms with E-state index in [0.717, 1.165) is 5.56 Å². The van der Waals surface area contributed by atoms with Crippen molar-refractivity contribution in [3.05, 3.63) is 35.9 Å². The predicted molar refractivity (Wildman–Crippen MR) is 67.5 cm³/mol. The summed E-state index contributed by atoms with van der Waals surface area (Å²) in [6.07, 6.45) is 1.12. The number of amides is 2. The van der Waals surface area contributed by atoms with Crippen LogP contribution >= 0.6 is 0 Å². The molecule has 0 spiro atoms. The van der Waals surface area contributed by atoms with Crippen LogP contribution in [0.1, 0.15) is 24.4 Å². The zero-order valence-corrected chi connectivity index (χ0v) is 10.1. The fourth-order valence-electron chi connectivity index (χ4n) is 1.96. The number of hydrogen-bond donors (Lipinski definition) is 3. The lowest BCUT2D eigenvalue weighted by molar-refractivity contribution is -0.126. The molecule has 0 aromatic heterocycles. The molecule has 0 saturated carbocycles. The second kappa shape index (κ2) is 5.64. The van der Waals surface area contributed by atoms with E-state index in [1.54, 1.807) is 0 Å². The summed E-state index contributed by atoms with van der Waals surface area (Å²) in [7, 11) is 0. The van der Waals surface area contributed by atoms with Gasteiger partial charge in [-0.25, -0.2) is 0 Å². The monoisotopic (exact) mass is 247 g/mol. The second-order valence-electron chi connectivity index (χ2n) is 4.44. The fourth-order valence-corrected chi connectivity index (χ4v) is 1.96. The number of rotatable bonds is 3. The molecule has 2 rings (SSSR count). The van der Waals surface area contributed by atoms with Crippen molar-refractivity contribution in [2.45, 2.75) is 24.9 Å². The van der Waals surface area contributed by atoms with Gasteiger partial charge in [0.15, 0.2) is 0 Å². The van der Waals surface area contributed by atoms with E-state index in [1.807, 2.05) is 30.3 Å². The summed E-state index contributed by atoms with van der Waals surface area (Å²) in [6, 6.07) is 8.55. The highest BCUT2D eigenvalue weighted by atomic mass is 16.2. The van der Waals surface area contributed by atoms with Crippen molar-refractivity contribution in [1.82, 2.24) is 10.6 Å². The number of benzene rings is 1. The van der Waals surface area contributed by atoms with E-state index in [1.165, 1.54) is 0 Å². The van der Waals surface area contributed by atoms with Crippen molar-refractivity contribution >= 4 is 11.8 Å². The van der Waals surface area contributed by atoms with Gasteiger partial charge in [-0.3, -0.25) is 9.59 Å². The Balaban J connectivity index is 1.90. The predicted octanol–water partition coefficient (Wildman–Crippen LogP) is 0.0812. The molecule has 1 unspecified atom stereocenters. The van der Waals surface area contributed by atoms with Crippen LogP contribution in [0.3, 0.4) is 0 Å². The summed E-state index contributed by atoms with van der Waals surface area (Å²) in [5, 5.41) is 5.58. The molecule has 1 aliphatic rings. The Kier molecular flexibility index (Phi) is 3.94. The van der Waals surface area contributed by atoms with Gasteiger partial charge in [-0.15, -0.1) is 0 Å². The molecule has 1 saturated heterocycles. The Labute approximate surface area is 106 Å². The highest BCUT2D eigenvalue weighted by Gasteiger charge is 2.22. The molecule has 0 radical (unpaired) electrons.